The number of hydrogen-bond acceptors (Lipinski definition) is 7. The maximum atomic E-state index is 12.4. The Bertz CT molecular complexity index is 912. The fourth-order valence-corrected chi connectivity index (χ4v) is 6.00. The normalized spacial score (nSPS) is 17.1. The predicted octanol–water partition coefficient (Wildman–Crippen LogP) is 4.51. The van der Waals surface area contributed by atoms with Crippen molar-refractivity contribution in [3.8, 4) is 11.5 Å². The van der Waals surface area contributed by atoms with Crippen molar-refractivity contribution < 1.29 is 23.8 Å². The average Bonchev–Trinajstić information content (AvgIpc) is 2.79. The minimum Gasteiger partial charge on any atom is -0.486 e. The molecule has 4 rings (SSSR count). The van der Waals surface area contributed by atoms with E-state index in [9.17, 15) is 9.59 Å². The van der Waals surface area contributed by atoms with Gasteiger partial charge in [0.15, 0.2) is 17.6 Å². The van der Waals surface area contributed by atoms with Gasteiger partial charge in [-0.05, 0) is 54.7 Å². The molecule has 1 atom stereocenters. The van der Waals surface area contributed by atoms with Gasteiger partial charge in [0.05, 0.1) is 10.1 Å². The molecule has 1 unspecified atom stereocenters. The van der Waals surface area contributed by atoms with Crippen molar-refractivity contribution in [3.05, 3.63) is 53.6 Å². The highest BCUT2D eigenvalue weighted by Gasteiger charge is 2.21. The Morgan fingerprint density at radius 3 is 2.47 bits per heavy atom. The molecule has 2 aromatic rings. The van der Waals surface area contributed by atoms with Gasteiger partial charge < -0.3 is 19.5 Å². The molecule has 0 saturated carbocycles. The Hall–Kier alpha value is -2.32. The third-order valence-electron chi connectivity index (χ3n) is 4.71. The van der Waals surface area contributed by atoms with E-state index in [1.165, 1.54) is 12.0 Å². The number of ether oxygens (including phenoxy) is 3. The fourth-order valence-electron chi connectivity index (χ4n) is 3.10. The van der Waals surface area contributed by atoms with Crippen LogP contribution >= 0.6 is 23.5 Å². The summed E-state index contributed by atoms with van der Waals surface area (Å²) >= 11 is 3.86. The van der Waals surface area contributed by atoms with Gasteiger partial charge >= 0.3 is 5.97 Å². The number of amides is 1. The molecular formula is C22H23NO5S2. The van der Waals surface area contributed by atoms with Crippen LogP contribution in [0.1, 0.15) is 33.8 Å². The van der Waals surface area contributed by atoms with Crippen LogP contribution in [0, 0.1) is 0 Å². The zero-order chi connectivity index (χ0) is 20.9. The van der Waals surface area contributed by atoms with Crippen LogP contribution in [0.2, 0.25) is 0 Å². The number of carbonyl (C=O) groups is 2. The Morgan fingerprint density at radius 2 is 1.73 bits per heavy atom. The molecule has 6 nitrogen and oxygen atoms in total. The van der Waals surface area contributed by atoms with Gasteiger partial charge in [-0.25, -0.2) is 4.79 Å². The number of esters is 1. The monoisotopic (exact) mass is 445 g/mol. The molecule has 2 aliphatic rings. The van der Waals surface area contributed by atoms with Gasteiger partial charge in [-0.1, -0.05) is 12.1 Å². The van der Waals surface area contributed by atoms with E-state index >= 15 is 0 Å². The van der Waals surface area contributed by atoms with E-state index in [1.807, 2.05) is 35.7 Å². The van der Waals surface area contributed by atoms with Crippen molar-refractivity contribution in [2.45, 2.75) is 24.0 Å². The number of fused-ring (bicyclic) bond motifs is 1. The largest absolute Gasteiger partial charge is 0.486 e. The predicted molar refractivity (Wildman–Crippen MR) is 120 cm³/mol. The van der Waals surface area contributed by atoms with E-state index in [4.69, 9.17) is 14.2 Å². The van der Waals surface area contributed by atoms with Crippen molar-refractivity contribution >= 4 is 41.1 Å². The molecule has 0 aliphatic carbocycles. The van der Waals surface area contributed by atoms with E-state index in [1.54, 1.807) is 37.3 Å². The number of thioether (sulfide) groups is 2. The van der Waals surface area contributed by atoms with Crippen LogP contribution in [0.25, 0.3) is 0 Å². The second-order valence-corrected chi connectivity index (χ2v) is 9.67. The summed E-state index contributed by atoms with van der Waals surface area (Å²) in [5.41, 5.74) is 2.19. The lowest BCUT2D eigenvalue weighted by Crippen LogP contribution is -2.30. The molecular weight excluding hydrogens is 422 g/mol. The molecule has 0 bridgehead atoms. The average molecular weight is 446 g/mol. The van der Waals surface area contributed by atoms with Gasteiger partial charge in [0, 0.05) is 11.8 Å². The van der Waals surface area contributed by atoms with Crippen LogP contribution in [0.4, 0.5) is 5.69 Å². The molecule has 2 aliphatic heterocycles. The molecule has 0 aromatic heterocycles. The van der Waals surface area contributed by atoms with Crippen LogP contribution in [-0.2, 0) is 9.53 Å². The molecule has 1 fully saturated rings. The summed E-state index contributed by atoms with van der Waals surface area (Å²) < 4.78 is 16.8. The maximum absolute atomic E-state index is 12.4. The van der Waals surface area contributed by atoms with E-state index in [2.05, 4.69) is 5.32 Å². The summed E-state index contributed by atoms with van der Waals surface area (Å²) in [6, 6.07) is 12.6. The standard InChI is InChI=1S/C22H23NO5S2/c1-14(20(24)23-17-7-8-18-19(13-17)27-10-9-26-18)28-21(25)15-3-5-16(6-4-15)22-29-11-2-12-30-22/h3-8,13-14,22H,2,9-12H2,1H3,(H,23,24). The zero-order valence-electron chi connectivity index (χ0n) is 16.6. The molecule has 0 radical (unpaired) electrons. The topological polar surface area (TPSA) is 73.9 Å². The molecule has 158 valence electrons. The lowest BCUT2D eigenvalue weighted by atomic mass is 10.1. The van der Waals surface area contributed by atoms with Gasteiger partial charge in [-0.2, -0.15) is 0 Å². The second kappa shape index (κ2) is 9.66. The Labute approximate surface area is 184 Å². The van der Waals surface area contributed by atoms with E-state index in [-0.39, 0.29) is 0 Å². The molecule has 30 heavy (non-hydrogen) atoms. The number of hydrogen-bond donors (Lipinski definition) is 1. The summed E-state index contributed by atoms with van der Waals surface area (Å²) in [5, 5.41) is 2.74. The van der Waals surface area contributed by atoms with Gasteiger partial charge in [0.1, 0.15) is 13.2 Å². The minimum atomic E-state index is -0.935. The first-order valence-electron chi connectivity index (χ1n) is 9.85. The van der Waals surface area contributed by atoms with Crippen LogP contribution < -0.4 is 14.8 Å². The van der Waals surface area contributed by atoms with Crippen molar-refractivity contribution in [2.24, 2.45) is 0 Å². The summed E-state index contributed by atoms with van der Waals surface area (Å²) in [6.45, 7) is 2.52. The summed E-state index contributed by atoms with van der Waals surface area (Å²) in [4.78, 5) is 24.9. The van der Waals surface area contributed by atoms with Gasteiger partial charge in [0.2, 0.25) is 0 Å². The third kappa shape index (κ3) is 5.05. The smallest absolute Gasteiger partial charge is 0.338 e. The molecule has 2 aromatic carbocycles. The lowest BCUT2D eigenvalue weighted by molar-refractivity contribution is -0.123. The minimum absolute atomic E-state index is 0.411. The number of nitrogens with one attached hydrogen (secondary N) is 1. The zero-order valence-corrected chi connectivity index (χ0v) is 18.2. The number of rotatable bonds is 5. The van der Waals surface area contributed by atoms with Crippen LogP contribution in [0.3, 0.4) is 0 Å². The second-order valence-electron chi connectivity index (χ2n) is 6.94. The molecule has 2 heterocycles. The van der Waals surface area contributed by atoms with Crippen molar-refractivity contribution in [2.75, 3.05) is 30.0 Å². The number of anilines is 1. The highest BCUT2D eigenvalue weighted by atomic mass is 32.2. The lowest BCUT2D eigenvalue weighted by Gasteiger charge is -2.21. The Kier molecular flexibility index (Phi) is 6.74. The van der Waals surface area contributed by atoms with Crippen LogP contribution in [0.15, 0.2) is 42.5 Å². The quantitative estimate of drug-likeness (QED) is 0.679. The first-order chi connectivity index (χ1) is 14.6. The highest BCUT2D eigenvalue weighted by molar-refractivity contribution is 8.16. The number of benzene rings is 2. The molecule has 1 saturated heterocycles. The van der Waals surface area contributed by atoms with Crippen molar-refractivity contribution in [1.29, 1.82) is 0 Å². The summed E-state index contributed by atoms with van der Waals surface area (Å²) in [7, 11) is 0. The van der Waals surface area contributed by atoms with E-state index < -0.39 is 18.0 Å². The SMILES string of the molecule is CC(OC(=O)c1ccc(C2SCCCS2)cc1)C(=O)Nc1ccc2c(c1)OCCO2. The molecule has 0 spiro atoms. The summed E-state index contributed by atoms with van der Waals surface area (Å²) in [6.07, 6.45) is 0.303. The third-order valence-corrected chi connectivity index (χ3v) is 7.72. The molecule has 1 N–H and O–H groups in total. The maximum Gasteiger partial charge on any atom is 0.338 e. The van der Waals surface area contributed by atoms with Gasteiger partial charge in [-0.15, -0.1) is 23.5 Å². The Morgan fingerprint density at radius 1 is 1.03 bits per heavy atom. The van der Waals surface area contributed by atoms with E-state index in [0.29, 0.717) is 40.5 Å². The number of carbonyl (C=O) groups excluding carboxylic acids is 2. The molecule has 8 heteroatoms. The van der Waals surface area contributed by atoms with Gasteiger partial charge in [0.25, 0.3) is 5.91 Å². The first kappa shape index (κ1) is 20.9. The molecule has 1 amide bonds. The first-order valence-corrected chi connectivity index (χ1v) is 11.9. The van der Waals surface area contributed by atoms with Crippen LogP contribution in [-0.4, -0.2) is 42.7 Å². The summed E-state index contributed by atoms with van der Waals surface area (Å²) in [5.74, 6) is 2.63. The highest BCUT2D eigenvalue weighted by Crippen LogP contribution is 2.43. The van der Waals surface area contributed by atoms with E-state index in [0.717, 1.165) is 11.5 Å². The fraction of sp³-hybridized carbons (Fsp3) is 0.364. The van der Waals surface area contributed by atoms with Crippen molar-refractivity contribution in [3.63, 3.8) is 0 Å². The van der Waals surface area contributed by atoms with Gasteiger partial charge in [-0.3, -0.25) is 4.79 Å². The van der Waals surface area contributed by atoms with Crippen molar-refractivity contribution in [1.82, 2.24) is 0 Å². The van der Waals surface area contributed by atoms with Crippen LogP contribution in [0.5, 0.6) is 11.5 Å². The Balaban J connectivity index is 1.33.